The van der Waals surface area contributed by atoms with Gasteiger partial charge in [0.2, 0.25) is 0 Å². The number of carbonyl (C=O) groups is 3. The second kappa shape index (κ2) is 10.1. The van der Waals surface area contributed by atoms with Gasteiger partial charge < -0.3 is 19.7 Å². The van der Waals surface area contributed by atoms with E-state index in [1.54, 1.807) is 52.0 Å². The average molecular weight is 453 g/mol. The van der Waals surface area contributed by atoms with Gasteiger partial charge >= 0.3 is 12.1 Å². The van der Waals surface area contributed by atoms with Gasteiger partial charge in [0.15, 0.2) is 22.5 Å². The zero-order chi connectivity index (χ0) is 23.3. The third kappa shape index (κ3) is 6.14. The molecule has 9 nitrogen and oxygen atoms in total. The molecule has 0 aliphatic carbocycles. The Bertz CT molecular complexity index is 866. The molecule has 2 rings (SSSR count). The Morgan fingerprint density at radius 1 is 1.26 bits per heavy atom. The van der Waals surface area contributed by atoms with Crippen molar-refractivity contribution >= 4 is 29.1 Å². The number of rotatable bonds is 8. The molecule has 1 aromatic carbocycles. The van der Waals surface area contributed by atoms with E-state index in [0.717, 1.165) is 10.5 Å². The molecular formula is C21H28N2O7S. The summed E-state index contributed by atoms with van der Waals surface area (Å²) in [6, 6.07) is 6.64. The fraction of sp³-hybridized carbons (Fsp3) is 0.476. The largest absolute Gasteiger partial charge is 0.458 e. The summed E-state index contributed by atoms with van der Waals surface area (Å²) in [6.45, 7) is 10.4. The molecule has 4 atom stereocenters. The van der Waals surface area contributed by atoms with Gasteiger partial charge in [-0.1, -0.05) is 36.9 Å². The third-order valence-corrected chi connectivity index (χ3v) is 5.52. The van der Waals surface area contributed by atoms with Crippen molar-refractivity contribution in [3.8, 4) is 0 Å². The number of amides is 2. The van der Waals surface area contributed by atoms with Crippen LogP contribution in [-0.2, 0) is 40.9 Å². The summed E-state index contributed by atoms with van der Waals surface area (Å²) >= 11 is -2.01. The predicted molar refractivity (Wildman–Crippen MR) is 114 cm³/mol. The maximum atomic E-state index is 12.8. The van der Waals surface area contributed by atoms with Crippen molar-refractivity contribution in [1.82, 2.24) is 10.2 Å². The van der Waals surface area contributed by atoms with Crippen LogP contribution in [-0.4, -0.2) is 57.2 Å². The number of β-lactam (4-membered cyclic amide) rings is 1. The first-order chi connectivity index (χ1) is 14.5. The molecule has 1 heterocycles. The van der Waals surface area contributed by atoms with E-state index < -0.39 is 52.1 Å². The molecule has 1 N–H and O–H groups in total. The number of ether oxygens (including phenoxy) is 2. The lowest BCUT2D eigenvalue weighted by Crippen LogP contribution is -2.75. The Hall–Kier alpha value is -2.72. The minimum atomic E-state index is -2.01. The molecule has 10 heteroatoms. The summed E-state index contributed by atoms with van der Waals surface area (Å²) in [5, 5.41) is 1.29. The van der Waals surface area contributed by atoms with Crippen LogP contribution in [0.1, 0.15) is 33.3 Å². The number of hydrogen-bond donors (Lipinski definition) is 1. The van der Waals surface area contributed by atoms with Crippen molar-refractivity contribution in [3.63, 3.8) is 0 Å². The second-order valence-electron chi connectivity index (χ2n) is 8.03. The quantitative estimate of drug-likeness (QED) is 0.365. The fourth-order valence-corrected chi connectivity index (χ4v) is 4.01. The highest BCUT2D eigenvalue weighted by Crippen LogP contribution is 2.30. The molecule has 31 heavy (non-hydrogen) atoms. The number of nitrogens with one attached hydrogen (secondary N) is 1. The van der Waals surface area contributed by atoms with E-state index in [2.05, 4.69) is 11.9 Å². The maximum absolute atomic E-state index is 12.8. The lowest BCUT2D eigenvalue weighted by Gasteiger charge is -2.48. The molecule has 0 aromatic heterocycles. The van der Waals surface area contributed by atoms with Crippen molar-refractivity contribution in [2.45, 2.75) is 57.4 Å². The van der Waals surface area contributed by atoms with Crippen LogP contribution in [0.4, 0.5) is 4.79 Å². The zero-order valence-electron chi connectivity index (χ0n) is 18.2. The molecule has 170 valence electrons. The zero-order valence-corrected chi connectivity index (χ0v) is 19.1. The molecule has 1 saturated heterocycles. The number of alkyl carbamates (subject to hydrolysis) is 1. The van der Waals surface area contributed by atoms with Crippen LogP contribution in [0.3, 0.4) is 0 Å². The van der Waals surface area contributed by atoms with Gasteiger partial charge in [0, 0.05) is 0 Å². The van der Waals surface area contributed by atoms with E-state index >= 15 is 0 Å². The minimum absolute atomic E-state index is 0.00162. The Balaban J connectivity index is 2.14. The molecule has 1 aliphatic rings. The number of esters is 1. The van der Waals surface area contributed by atoms with E-state index in [9.17, 15) is 18.6 Å². The Morgan fingerprint density at radius 3 is 2.39 bits per heavy atom. The SMILES string of the molecule is C=C(C)C(C(=O)OC(C)(C)C)N1C(=O)C(NC(=O)OCc2ccccc2)C1S(=O)OC. The van der Waals surface area contributed by atoms with Gasteiger partial charge in [-0.15, -0.1) is 0 Å². The molecule has 4 unspecified atom stereocenters. The van der Waals surface area contributed by atoms with Gasteiger partial charge in [-0.2, -0.15) is 0 Å². The summed E-state index contributed by atoms with van der Waals surface area (Å²) in [4.78, 5) is 38.8. The monoisotopic (exact) mass is 452 g/mol. The van der Waals surface area contributed by atoms with Crippen molar-refractivity contribution in [2.75, 3.05) is 7.11 Å². The Labute approximate surface area is 184 Å². The first-order valence-corrected chi connectivity index (χ1v) is 10.7. The van der Waals surface area contributed by atoms with Gasteiger partial charge in [0.1, 0.15) is 18.2 Å². The molecule has 0 spiro atoms. The first kappa shape index (κ1) is 24.5. The normalized spacial score (nSPS) is 20.3. The number of carbonyl (C=O) groups excluding carboxylic acids is 3. The maximum Gasteiger partial charge on any atom is 0.408 e. The molecular weight excluding hydrogens is 424 g/mol. The third-order valence-electron chi connectivity index (χ3n) is 4.30. The van der Waals surface area contributed by atoms with Gasteiger partial charge in [0.25, 0.3) is 5.91 Å². The van der Waals surface area contributed by atoms with E-state index in [4.69, 9.17) is 13.7 Å². The van der Waals surface area contributed by atoms with Crippen molar-refractivity contribution in [1.29, 1.82) is 0 Å². The number of benzene rings is 1. The smallest absolute Gasteiger partial charge is 0.408 e. The first-order valence-electron chi connectivity index (χ1n) is 9.59. The van der Waals surface area contributed by atoms with Gasteiger partial charge in [-0.25, -0.2) is 13.8 Å². The molecule has 0 bridgehead atoms. The molecule has 2 amide bonds. The molecule has 0 saturated carbocycles. The van der Waals surface area contributed by atoms with Crippen molar-refractivity contribution < 1.29 is 32.2 Å². The molecule has 1 fully saturated rings. The van der Waals surface area contributed by atoms with E-state index in [1.165, 1.54) is 7.11 Å². The average Bonchev–Trinajstić information content (AvgIpc) is 2.69. The van der Waals surface area contributed by atoms with E-state index in [1.807, 2.05) is 6.07 Å². The van der Waals surface area contributed by atoms with E-state index in [0.29, 0.717) is 5.57 Å². The summed E-state index contributed by atoms with van der Waals surface area (Å²) in [5.41, 5.74) is 0.294. The highest BCUT2D eigenvalue weighted by Gasteiger charge is 2.57. The van der Waals surface area contributed by atoms with Crippen LogP contribution in [0, 0.1) is 0 Å². The van der Waals surface area contributed by atoms with Crippen LogP contribution >= 0.6 is 0 Å². The van der Waals surface area contributed by atoms with Crippen molar-refractivity contribution in [3.05, 3.63) is 48.0 Å². The summed E-state index contributed by atoms with van der Waals surface area (Å²) in [5.74, 6) is -1.33. The van der Waals surface area contributed by atoms with Gasteiger partial charge in [-0.05, 0) is 38.8 Å². The van der Waals surface area contributed by atoms with E-state index in [-0.39, 0.29) is 6.61 Å². The lowest BCUT2D eigenvalue weighted by atomic mass is 9.99. The molecule has 1 aromatic rings. The van der Waals surface area contributed by atoms with Gasteiger partial charge in [-0.3, -0.25) is 8.98 Å². The highest BCUT2D eigenvalue weighted by atomic mass is 32.2. The molecule has 1 aliphatic heterocycles. The van der Waals surface area contributed by atoms with Crippen LogP contribution < -0.4 is 5.32 Å². The standard InChI is InChI=1S/C21H28N2O7S/c1-13(2)16(19(25)30-21(3,4)5)23-17(24)15(18(23)31(27)28-6)22-20(26)29-12-14-10-8-7-9-11-14/h7-11,15-16,18H,1,12H2,2-6H3,(H,22,26). The van der Waals surface area contributed by atoms with Crippen LogP contribution in [0.5, 0.6) is 0 Å². The Kier molecular flexibility index (Phi) is 7.96. The van der Waals surface area contributed by atoms with Crippen LogP contribution in [0.2, 0.25) is 0 Å². The molecule has 0 radical (unpaired) electrons. The minimum Gasteiger partial charge on any atom is -0.458 e. The predicted octanol–water partition coefficient (Wildman–Crippen LogP) is 2.05. The van der Waals surface area contributed by atoms with Crippen LogP contribution in [0.25, 0.3) is 0 Å². The highest BCUT2D eigenvalue weighted by molar-refractivity contribution is 7.81. The Morgan fingerprint density at radius 2 is 1.87 bits per heavy atom. The van der Waals surface area contributed by atoms with Gasteiger partial charge in [0.05, 0.1) is 7.11 Å². The van der Waals surface area contributed by atoms with Crippen molar-refractivity contribution in [2.24, 2.45) is 0 Å². The van der Waals surface area contributed by atoms with Crippen LogP contribution in [0.15, 0.2) is 42.5 Å². The summed E-state index contributed by atoms with van der Waals surface area (Å²) in [6.07, 6.45) is -0.857. The number of likely N-dealkylation sites (tertiary alicyclic amines) is 1. The summed E-state index contributed by atoms with van der Waals surface area (Å²) in [7, 11) is 1.20. The summed E-state index contributed by atoms with van der Waals surface area (Å²) < 4.78 is 27.9. The fourth-order valence-electron chi connectivity index (χ4n) is 3.00. The second-order valence-corrected chi connectivity index (χ2v) is 9.37. The number of nitrogens with zero attached hydrogens (tertiary/aromatic N) is 1. The number of hydrogen-bond acceptors (Lipinski definition) is 7. The lowest BCUT2D eigenvalue weighted by molar-refractivity contribution is -0.169. The topological polar surface area (TPSA) is 111 Å².